The van der Waals surface area contributed by atoms with E-state index in [0.29, 0.717) is 5.82 Å². The molecule has 0 saturated carbocycles. The van der Waals surface area contributed by atoms with Gasteiger partial charge in [0.1, 0.15) is 11.6 Å². The summed E-state index contributed by atoms with van der Waals surface area (Å²) in [7, 11) is 1.68. The molecule has 1 aromatic heterocycles. The molecule has 0 fully saturated rings. The van der Waals surface area contributed by atoms with Crippen molar-refractivity contribution in [3.05, 3.63) is 54.2 Å². The molecule has 0 unspecified atom stereocenters. The Morgan fingerprint density at radius 3 is 2.45 bits per heavy atom. The molecule has 3 rings (SSSR count). The van der Waals surface area contributed by atoms with Crippen LogP contribution in [0.25, 0.3) is 21.9 Å². The molecule has 3 aromatic rings. The van der Waals surface area contributed by atoms with E-state index in [1.54, 1.807) is 7.11 Å². The number of methoxy groups -OCH3 is 1. The van der Waals surface area contributed by atoms with Crippen LogP contribution in [0.15, 0.2) is 48.7 Å². The Morgan fingerprint density at radius 2 is 1.70 bits per heavy atom. The fourth-order valence-electron chi connectivity index (χ4n) is 2.27. The minimum atomic E-state index is 0.583. The molecule has 20 heavy (non-hydrogen) atoms. The summed E-state index contributed by atoms with van der Waals surface area (Å²) in [5.74, 6) is 1.45. The minimum Gasteiger partial charge on any atom is -0.497 e. The Hall–Kier alpha value is -2.55. The lowest BCUT2D eigenvalue weighted by molar-refractivity contribution is 0.415. The average molecular weight is 264 g/mol. The highest BCUT2D eigenvalue weighted by molar-refractivity contribution is 5.88. The summed E-state index contributed by atoms with van der Waals surface area (Å²) in [6.45, 7) is 1.97. The van der Waals surface area contributed by atoms with Gasteiger partial charge in [-0.3, -0.25) is 0 Å². The van der Waals surface area contributed by atoms with E-state index in [4.69, 9.17) is 10.5 Å². The summed E-state index contributed by atoms with van der Waals surface area (Å²) >= 11 is 0. The number of pyridine rings is 1. The van der Waals surface area contributed by atoms with Crippen LogP contribution in [0.1, 0.15) is 5.56 Å². The second-order valence-electron chi connectivity index (χ2n) is 4.85. The number of nitrogens with zero attached hydrogens (tertiary/aromatic N) is 1. The summed E-state index contributed by atoms with van der Waals surface area (Å²) < 4.78 is 5.24. The maximum absolute atomic E-state index is 5.76. The number of aryl methyl sites for hydroxylation is 1. The van der Waals surface area contributed by atoms with Crippen molar-refractivity contribution in [2.45, 2.75) is 6.92 Å². The highest BCUT2D eigenvalue weighted by Crippen LogP contribution is 2.27. The van der Waals surface area contributed by atoms with Crippen LogP contribution < -0.4 is 10.5 Å². The van der Waals surface area contributed by atoms with Crippen molar-refractivity contribution in [2.75, 3.05) is 12.8 Å². The molecule has 0 aliphatic rings. The van der Waals surface area contributed by atoms with Gasteiger partial charge in [-0.05, 0) is 53.1 Å². The predicted octanol–water partition coefficient (Wildman–Crippen LogP) is 3.80. The van der Waals surface area contributed by atoms with Crippen molar-refractivity contribution in [2.24, 2.45) is 0 Å². The molecular weight excluding hydrogens is 248 g/mol. The molecule has 2 aromatic carbocycles. The van der Waals surface area contributed by atoms with Crippen molar-refractivity contribution in [3.8, 4) is 16.9 Å². The minimum absolute atomic E-state index is 0.583. The lowest BCUT2D eigenvalue weighted by atomic mass is 10.0. The molecule has 0 atom stereocenters. The van der Waals surface area contributed by atoms with Crippen molar-refractivity contribution in [1.82, 2.24) is 4.98 Å². The van der Waals surface area contributed by atoms with Crippen molar-refractivity contribution in [1.29, 1.82) is 0 Å². The highest BCUT2D eigenvalue weighted by atomic mass is 16.5. The first kappa shape index (κ1) is 12.5. The number of hydrogen-bond donors (Lipinski definition) is 1. The van der Waals surface area contributed by atoms with Gasteiger partial charge in [-0.15, -0.1) is 0 Å². The van der Waals surface area contributed by atoms with E-state index in [2.05, 4.69) is 35.3 Å². The van der Waals surface area contributed by atoms with Crippen LogP contribution in [0.2, 0.25) is 0 Å². The van der Waals surface area contributed by atoms with E-state index < -0.39 is 0 Å². The number of benzene rings is 2. The van der Waals surface area contributed by atoms with Gasteiger partial charge in [-0.1, -0.05) is 18.2 Å². The van der Waals surface area contributed by atoms with E-state index in [1.165, 1.54) is 5.39 Å². The Morgan fingerprint density at radius 1 is 0.950 bits per heavy atom. The monoisotopic (exact) mass is 264 g/mol. The molecule has 0 spiro atoms. The third-order valence-corrected chi connectivity index (χ3v) is 3.50. The lowest BCUT2D eigenvalue weighted by Gasteiger charge is -2.07. The number of aromatic nitrogens is 1. The number of ether oxygens (including phenoxy) is 1. The largest absolute Gasteiger partial charge is 0.497 e. The summed E-state index contributed by atoms with van der Waals surface area (Å²) in [6, 6.07) is 14.5. The molecule has 0 aliphatic heterocycles. The first-order valence-electron chi connectivity index (χ1n) is 6.47. The maximum atomic E-state index is 5.76. The summed E-state index contributed by atoms with van der Waals surface area (Å²) in [4.78, 5) is 4.22. The molecule has 0 bridgehead atoms. The highest BCUT2D eigenvalue weighted by Gasteiger charge is 2.03. The fourth-order valence-corrected chi connectivity index (χ4v) is 2.27. The molecule has 100 valence electrons. The van der Waals surface area contributed by atoms with Gasteiger partial charge >= 0.3 is 0 Å². The first-order valence-corrected chi connectivity index (χ1v) is 6.47. The summed E-state index contributed by atoms with van der Waals surface area (Å²) in [5, 5.41) is 2.34. The zero-order valence-corrected chi connectivity index (χ0v) is 11.6. The van der Waals surface area contributed by atoms with Crippen LogP contribution in [0, 0.1) is 6.92 Å². The van der Waals surface area contributed by atoms with Gasteiger partial charge in [0.15, 0.2) is 0 Å². The van der Waals surface area contributed by atoms with Gasteiger partial charge < -0.3 is 10.5 Å². The number of anilines is 1. The van der Waals surface area contributed by atoms with Crippen molar-refractivity contribution < 1.29 is 4.74 Å². The number of fused-ring (bicyclic) bond motifs is 1. The quantitative estimate of drug-likeness (QED) is 0.765. The van der Waals surface area contributed by atoms with E-state index in [1.807, 2.05) is 25.3 Å². The molecular formula is C17H16N2O. The lowest BCUT2D eigenvalue weighted by Crippen LogP contribution is -1.93. The molecule has 3 nitrogen and oxygen atoms in total. The fraction of sp³-hybridized carbons (Fsp3) is 0.118. The second-order valence-corrected chi connectivity index (χ2v) is 4.85. The van der Waals surface area contributed by atoms with Gasteiger partial charge in [-0.25, -0.2) is 4.98 Å². The zero-order chi connectivity index (χ0) is 14.1. The molecule has 1 heterocycles. The van der Waals surface area contributed by atoms with Gasteiger partial charge in [0, 0.05) is 11.8 Å². The number of nitrogen functional groups attached to an aromatic ring is 1. The zero-order valence-electron chi connectivity index (χ0n) is 11.6. The SMILES string of the molecule is COc1ccc2cc(-c3cnc(N)c(C)c3)ccc2c1. The predicted molar refractivity (Wildman–Crippen MR) is 82.9 cm³/mol. The molecule has 0 radical (unpaired) electrons. The molecule has 0 aliphatic carbocycles. The van der Waals surface area contributed by atoms with Crippen molar-refractivity contribution in [3.63, 3.8) is 0 Å². The van der Waals surface area contributed by atoms with E-state index in [0.717, 1.165) is 27.8 Å². The third-order valence-electron chi connectivity index (χ3n) is 3.50. The van der Waals surface area contributed by atoms with Crippen LogP contribution in [-0.2, 0) is 0 Å². The van der Waals surface area contributed by atoms with E-state index in [9.17, 15) is 0 Å². The number of rotatable bonds is 2. The van der Waals surface area contributed by atoms with Gasteiger partial charge in [0.25, 0.3) is 0 Å². The van der Waals surface area contributed by atoms with Crippen LogP contribution in [0.4, 0.5) is 5.82 Å². The summed E-state index contributed by atoms with van der Waals surface area (Å²) in [5.41, 5.74) is 8.98. The van der Waals surface area contributed by atoms with Gasteiger partial charge in [0.05, 0.1) is 7.11 Å². The Kier molecular flexibility index (Phi) is 3.03. The summed E-state index contributed by atoms with van der Waals surface area (Å²) in [6.07, 6.45) is 1.81. The normalized spacial score (nSPS) is 10.7. The van der Waals surface area contributed by atoms with Gasteiger partial charge in [-0.2, -0.15) is 0 Å². The topological polar surface area (TPSA) is 48.1 Å². The molecule has 2 N–H and O–H groups in total. The Labute approximate surface area is 118 Å². The average Bonchev–Trinajstić information content (AvgIpc) is 2.49. The van der Waals surface area contributed by atoms with Crippen molar-refractivity contribution >= 4 is 16.6 Å². The van der Waals surface area contributed by atoms with Crippen LogP contribution >= 0.6 is 0 Å². The smallest absolute Gasteiger partial charge is 0.126 e. The van der Waals surface area contributed by atoms with E-state index >= 15 is 0 Å². The van der Waals surface area contributed by atoms with Crippen LogP contribution in [-0.4, -0.2) is 12.1 Å². The Balaban J connectivity index is 2.10. The van der Waals surface area contributed by atoms with Gasteiger partial charge in [0.2, 0.25) is 0 Å². The standard InChI is InChI=1S/C17H16N2O/c1-11-7-15(10-19-17(11)18)13-3-4-14-9-16(20-2)6-5-12(14)8-13/h3-10H,1-2H3,(H2,18,19). The third kappa shape index (κ3) is 2.18. The van der Waals surface area contributed by atoms with E-state index in [-0.39, 0.29) is 0 Å². The second kappa shape index (κ2) is 4.85. The maximum Gasteiger partial charge on any atom is 0.126 e. The number of nitrogens with two attached hydrogens (primary N) is 1. The number of hydrogen-bond acceptors (Lipinski definition) is 3. The van der Waals surface area contributed by atoms with Crippen LogP contribution in [0.3, 0.4) is 0 Å². The Bertz CT molecular complexity index is 781. The molecule has 0 saturated heterocycles. The van der Waals surface area contributed by atoms with Crippen LogP contribution in [0.5, 0.6) is 5.75 Å². The molecule has 3 heteroatoms. The molecule has 0 amide bonds. The first-order chi connectivity index (χ1) is 9.67.